The second-order valence-corrected chi connectivity index (χ2v) is 7.65. The fraction of sp³-hybridized carbons (Fsp3) is 0.409. The standard InChI is InChI=1S/C22H28N2O2/c1-15(2)10-11-24(3)14-16-4-8-20-17(12-16)5-6-18-13-19(22(23)25)7-9-21(18)26-20/h4,7-9,12-13,15H,5-6,10-11,14H2,1-3H3,(H2,23,25). The average Bonchev–Trinajstić information content (AvgIpc) is 2.78. The Morgan fingerprint density at radius 2 is 1.77 bits per heavy atom. The van der Waals surface area contributed by atoms with Crippen LogP contribution >= 0.6 is 0 Å². The number of aryl methyl sites for hydroxylation is 2. The van der Waals surface area contributed by atoms with Crippen molar-refractivity contribution in [1.29, 1.82) is 0 Å². The van der Waals surface area contributed by atoms with Gasteiger partial charge in [0.25, 0.3) is 0 Å². The lowest BCUT2D eigenvalue weighted by Gasteiger charge is -2.19. The summed E-state index contributed by atoms with van der Waals surface area (Å²) < 4.78 is 6.11. The van der Waals surface area contributed by atoms with Gasteiger partial charge in [-0.3, -0.25) is 4.79 Å². The van der Waals surface area contributed by atoms with E-state index in [9.17, 15) is 4.79 Å². The summed E-state index contributed by atoms with van der Waals surface area (Å²) in [5, 5.41) is 0. The van der Waals surface area contributed by atoms with E-state index in [0.29, 0.717) is 5.56 Å². The van der Waals surface area contributed by atoms with Gasteiger partial charge in [-0.25, -0.2) is 0 Å². The zero-order valence-electron chi connectivity index (χ0n) is 15.9. The van der Waals surface area contributed by atoms with Gasteiger partial charge in [0.1, 0.15) is 11.5 Å². The number of carbonyl (C=O) groups excluding carboxylic acids is 1. The number of rotatable bonds is 6. The number of carbonyl (C=O) groups is 1. The number of amides is 1. The van der Waals surface area contributed by atoms with Crippen LogP contribution in [0.3, 0.4) is 0 Å². The Bertz CT molecular complexity index is 799. The van der Waals surface area contributed by atoms with Crippen LogP contribution in [-0.4, -0.2) is 24.4 Å². The molecule has 2 aromatic rings. The Morgan fingerprint density at radius 3 is 2.42 bits per heavy atom. The Labute approximate surface area is 156 Å². The van der Waals surface area contributed by atoms with Gasteiger partial charge in [0.2, 0.25) is 5.91 Å². The van der Waals surface area contributed by atoms with Gasteiger partial charge < -0.3 is 15.4 Å². The van der Waals surface area contributed by atoms with E-state index in [4.69, 9.17) is 10.5 Å². The first-order valence-corrected chi connectivity index (χ1v) is 9.33. The van der Waals surface area contributed by atoms with E-state index in [1.807, 2.05) is 12.1 Å². The molecule has 1 aliphatic heterocycles. The third-order valence-electron chi connectivity index (χ3n) is 4.89. The van der Waals surface area contributed by atoms with Gasteiger partial charge >= 0.3 is 0 Å². The predicted octanol–water partition coefficient (Wildman–Crippen LogP) is 4.15. The zero-order chi connectivity index (χ0) is 18.7. The third-order valence-corrected chi connectivity index (χ3v) is 4.89. The predicted molar refractivity (Wildman–Crippen MR) is 105 cm³/mol. The topological polar surface area (TPSA) is 55.6 Å². The quantitative estimate of drug-likeness (QED) is 0.849. The van der Waals surface area contributed by atoms with Gasteiger partial charge in [0.05, 0.1) is 0 Å². The fourth-order valence-corrected chi connectivity index (χ4v) is 3.31. The molecule has 138 valence electrons. The average molecular weight is 352 g/mol. The molecule has 0 aliphatic carbocycles. The smallest absolute Gasteiger partial charge is 0.248 e. The van der Waals surface area contributed by atoms with E-state index in [2.05, 4.69) is 44.0 Å². The van der Waals surface area contributed by atoms with Crippen molar-refractivity contribution in [2.75, 3.05) is 13.6 Å². The number of nitrogens with zero attached hydrogens (tertiary/aromatic N) is 1. The molecule has 0 saturated heterocycles. The Kier molecular flexibility index (Phi) is 5.62. The molecule has 0 radical (unpaired) electrons. The van der Waals surface area contributed by atoms with Crippen LogP contribution in [0.25, 0.3) is 0 Å². The van der Waals surface area contributed by atoms with Crippen molar-refractivity contribution in [3.63, 3.8) is 0 Å². The highest BCUT2D eigenvalue weighted by atomic mass is 16.5. The van der Waals surface area contributed by atoms with Crippen molar-refractivity contribution in [2.45, 2.75) is 39.7 Å². The number of nitrogens with two attached hydrogens (primary N) is 1. The molecule has 1 amide bonds. The molecule has 1 heterocycles. The lowest BCUT2D eigenvalue weighted by Crippen LogP contribution is -2.20. The summed E-state index contributed by atoms with van der Waals surface area (Å²) in [6.45, 7) is 6.56. The van der Waals surface area contributed by atoms with E-state index in [1.54, 1.807) is 6.07 Å². The van der Waals surface area contributed by atoms with Crippen molar-refractivity contribution < 1.29 is 9.53 Å². The number of hydrogen-bond donors (Lipinski definition) is 1. The normalized spacial score (nSPS) is 13.1. The van der Waals surface area contributed by atoms with Crippen molar-refractivity contribution in [1.82, 2.24) is 4.90 Å². The van der Waals surface area contributed by atoms with E-state index >= 15 is 0 Å². The molecule has 2 N–H and O–H groups in total. The molecule has 0 fully saturated rings. The minimum atomic E-state index is -0.402. The van der Waals surface area contributed by atoms with E-state index < -0.39 is 5.91 Å². The van der Waals surface area contributed by atoms with Crippen LogP contribution < -0.4 is 10.5 Å². The van der Waals surface area contributed by atoms with Gasteiger partial charge in [0.15, 0.2) is 0 Å². The molecule has 0 atom stereocenters. The lowest BCUT2D eigenvalue weighted by atomic mass is 10.0. The number of fused-ring (bicyclic) bond motifs is 2. The molecule has 0 unspecified atom stereocenters. The van der Waals surface area contributed by atoms with Gasteiger partial charge in [-0.1, -0.05) is 26.0 Å². The molecule has 26 heavy (non-hydrogen) atoms. The molecule has 3 rings (SSSR count). The fourth-order valence-electron chi connectivity index (χ4n) is 3.31. The monoisotopic (exact) mass is 352 g/mol. The Hall–Kier alpha value is -2.33. The van der Waals surface area contributed by atoms with Crippen LogP contribution in [0.15, 0.2) is 36.4 Å². The Balaban J connectivity index is 1.74. The molecule has 0 spiro atoms. The largest absolute Gasteiger partial charge is 0.457 e. The first-order valence-electron chi connectivity index (χ1n) is 9.33. The maximum atomic E-state index is 11.4. The van der Waals surface area contributed by atoms with Crippen LogP contribution in [0.2, 0.25) is 0 Å². The SMILES string of the molecule is CC(C)CCN(C)Cc1ccc2c(c1)CCc1cc(C(N)=O)ccc1O2. The summed E-state index contributed by atoms with van der Waals surface area (Å²) in [6, 6.07) is 11.9. The molecule has 1 aliphatic rings. The maximum absolute atomic E-state index is 11.4. The minimum absolute atomic E-state index is 0.402. The Morgan fingerprint density at radius 1 is 1.12 bits per heavy atom. The third kappa shape index (κ3) is 4.44. The lowest BCUT2D eigenvalue weighted by molar-refractivity contribution is 0.1000. The first-order chi connectivity index (χ1) is 12.4. The van der Waals surface area contributed by atoms with Crippen molar-refractivity contribution in [3.8, 4) is 11.5 Å². The van der Waals surface area contributed by atoms with Crippen LogP contribution in [0.5, 0.6) is 11.5 Å². The molecule has 4 heteroatoms. The summed E-state index contributed by atoms with van der Waals surface area (Å²) in [5.74, 6) is 2.04. The van der Waals surface area contributed by atoms with E-state index in [1.165, 1.54) is 17.5 Å². The summed E-state index contributed by atoms with van der Waals surface area (Å²) in [4.78, 5) is 13.8. The number of ether oxygens (including phenoxy) is 1. The highest BCUT2D eigenvalue weighted by molar-refractivity contribution is 5.93. The maximum Gasteiger partial charge on any atom is 0.248 e. The second-order valence-electron chi connectivity index (χ2n) is 7.65. The van der Waals surface area contributed by atoms with E-state index in [-0.39, 0.29) is 0 Å². The van der Waals surface area contributed by atoms with Crippen LogP contribution in [0.1, 0.15) is 47.3 Å². The van der Waals surface area contributed by atoms with Gasteiger partial charge in [-0.15, -0.1) is 0 Å². The molecular formula is C22H28N2O2. The van der Waals surface area contributed by atoms with Crippen molar-refractivity contribution in [3.05, 3.63) is 58.7 Å². The molecule has 0 aromatic heterocycles. The van der Waals surface area contributed by atoms with Crippen LogP contribution in [0.4, 0.5) is 0 Å². The van der Waals surface area contributed by atoms with Gasteiger partial charge in [-0.2, -0.15) is 0 Å². The van der Waals surface area contributed by atoms with Gasteiger partial charge in [0, 0.05) is 12.1 Å². The summed E-state index contributed by atoms with van der Waals surface area (Å²) >= 11 is 0. The van der Waals surface area contributed by atoms with Crippen LogP contribution in [0, 0.1) is 5.92 Å². The summed E-state index contributed by atoms with van der Waals surface area (Å²) in [5.41, 5.74) is 9.49. The molecule has 0 saturated carbocycles. The molecule has 4 nitrogen and oxygen atoms in total. The molecule has 2 aromatic carbocycles. The summed E-state index contributed by atoms with van der Waals surface area (Å²) in [6.07, 6.45) is 2.95. The van der Waals surface area contributed by atoms with Crippen molar-refractivity contribution >= 4 is 5.91 Å². The number of primary amides is 1. The molecular weight excluding hydrogens is 324 g/mol. The van der Waals surface area contributed by atoms with E-state index in [0.717, 1.165) is 48.9 Å². The second kappa shape index (κ2) is 7.92. The van der Waals surface area contributed by atoms with Crippen LogP contribution in [-0.2, 0) is 19.4 Å². The van der Waals surface area contributed by atoms with Crippen molar-refractivity contribution in [2.24, 2.45) is 11.7 Å². The highest BCUT2D eigenvalue weighted by Crippen LogP contribution is 2.34. The summed E-state index contributed by atoms with van der Waals surface area (Å²) in [7, 11) is 2.17. The number of hydrogen-bond acceptors (Lipinski definition) is 3. The highest BCUT2D eigenvalue weighted by Gasteiger charge is 2.17. The van der Waals surface area contributed by atoms with Gasteiger partial charge in [-0.05, 0) is 79.7 Å². The number of benzene rings is 2. The first kappa shape index (κ1) is 18.5. The zero-order valence-corrected chi connectivity index (χ0v) is 15.9. The molecule has 0 bridgehead atoms. The minimum Gasteiger partial charge on any atom is -0.457 e.